The number of benzene rings is 1. The summed E-state index contributed by atoms with van der Waals surface area (Å²) >= 11 is 0. The van der Waals surface area contributed by atoms with E-state index >= 15 is 0 Å². The molecule has 1 saturated carbocycles. The van der Waals surface area contributed by atoms with E-state index in [0.717, 1.165) is 31.7 Å². The minimum atomic E-state index is -0.702. The maximum atomic E-state index is 14.0. The van der Waals surface area contributed by atoms with Gasteiger partial charge < -0.3 is 10.5 Å². The molecule has 0 saturated heterocycles. The van der Waals surface area contributed by atoms with Crippen molar-refractivity contribution in [2.75, 3.05) is 13.7 Å². The number of nitro benzene ring substituents is 1. The highest BCUT2D eigenvalue weighted by Crippen LogP contribution is 2.46. The second kappa shape index (κ2) is 5.13. The Morgan fingerprint density at radius 3 is 2.58 bits per heavy atom. The van der Waals surface area contributed by atoms with Gasteiger partial charge >= 0.3 is 0 Å². The van der Waals surface area contributed by atoms with Crippen molar-refractivity contribution < 1.29 is 14.1 Å². The molecule has 2 rings (SSSR count). The van der Waals surface area contributed by atoms with Crippen molar-refractivity contribution >= 4 is 5.69 Å². The molecule has 0 heterocycles. The van der Waals surface area contributed by atoms with Gasteiger partial charge in [0.25, 0.3) is 5.69 Å². The molecule has 0 aromatic heterocycles. The highest BCUT2D eigenvalue weighted by molar-refractivity contribution is 5.49. The quantitative estimate of drug-likeness (QED) is 0.672. The van der Waals surface area contributed by atoms with E-state index in [-0.39, 0.29) is 11.4 Å². The number of nitrogens with zero attached hydrogens (tertiary/aromatic N) is 1. The molecular weight excluding hydrogens is 251 g/mol. The molecule has 1 aliphatic rings. The van der Waals surface area contributed by atoms with Crippen molar-refractivity contribution in [3.8, 4) is 5.75 Å². The third kappa shape index (κ3) is 2.28. The van der Waals surface area contributed by atoms with Crippen LogP contribution < -0.4 is 10.5 Å². The Bertz CT molecular complexity index is 499. The lowest BCUT2D eigenvalue weighted by Crippen LogP contribution is -2.32. The number of rotatable bonds is 4. The fourth-order valence-corrected chi connectivity index (χ4v) is 2.92. The third-order valence-electron chi connectivity index (χ3n) is 3.97. The van der Waals surface area contributed by atoms with E-state index in [1.165, 1.54) is 13.2 Å². The van der Waals surface area contributed by atoms with Gasteiger partial charge in [-0.3, -0.25) is 10.1 Å². The molecule has 6 heteroatoms. The molecule has 1 aromatic rings. The fourth-order valence-electron chi connectivity index (χ4n) is 2.92. The van der Waals surface area contributed by atoms with E-state index in [2.05, 4.69) is 0 Å². The van der Waals surface area contributed by atoms with Crippen molar-refractivity contribution in [2.24, 2.45) is 5.73 Å². The summed E-state index contributed by atoms with van der Waals surface area (Å²) < 4.78 is 19.1. The van der Waals surface area contributed by atoms with Gasteiger partial charge in [0, 0.05) is 23.6 Å². The molecule has 1 aliphatic carbocycles. The molecule has 19 heavy (non-hydrogen) atoms. The molecule has 5 nitrogen and oxygen atoms in total. The Kier molecular flexibility index (Phi) is 3.71. The highest BCUT2D eigenvalue weighted by atomic mass is 19.1. The van der Waals surface area contributed by atoms with E-state index in [1.54, 1.807) is 0 Å². The summed E-state index contributed by atoms with van der Waals surface area (Å²) in [5.41, 5.74) is 5.72. The Morgan fingerprint density at radius 2 is 2.11 bits per heavy atom. The van der Waals surface area contributed by atoms with Crippen LogP contribution in [-0.2, 0) is 5.41 Å². The Balaban J connectivity index is 2.62. The zero-order valence-electron chi connectivity index (χ0n) is 10.8. The highest BCUT2D eigenvalue weighted by Gasteiger charge is 2.38. The lowest BCUT2D eigenvalue weighted by molar-refractivity contribution is -0.385. The van der Waals surface area contributed by atoms with Gasteiger partial charge in [-0.1, -0.05) is 12.8 Å². The van der Waals surface area contributed by atoms with Crippen LogP contribution in [0.1, 0.15) is 31.2 Å². The summed E-state index contributed by atoms with van der Waals surface area (Å²) in [5.74, 6) is -0.621. The van der Waals surface area contributed by atoms with Gasteiger partial charge in [0.2, 0.25) is 0 Å². The molecule has 1 fully saturated rings. The maximum absolute atomic E-state index is 14.0. The van der Waals surface area contributed by atoms with Gasteiger partial charge in [-0.05, 0) is 12.8 Å². The predicted molar refractivity (Wildman–Crippen MR) is 68.8 cm³/mol. The van der Waals surface area contributed by atoms with Crippen LogP contribution >= 0.6 is 0 Å². The minimum Gasteiger partial charge on any atom is -0.493 e. The molecule has 104 valence electrons. The van der Waals surface area contributed by atoms with Crippen LogP contribution in [0.5, 0.6) is 5.75 Å². The summed E-state index contributed by atoms with van der Waals surface area (Å²) in [4.78, 5) is 10.3. The van der Waals surface area contributed by atoms with Crippen molar-refractivity contribution in [3.63, 3.8) is 0 Å². The molecule has 0 spiro atoms. The summed E-state index contributed by atoms with van der Waals surface area (Å²) in [6.07, 6.45) is 3.59. The molecule has 1 aromatic carbocycles. The zero-order valence-corrected chi connectivity index (χ0v) is 10.8. The van der Waals surface area contributed by atoms with E-state index in [9.17, 15) is 14.5 Å². The molecular formula is C13H17FN2O3. The summed E-state index contributed by atoms with van der Waals surface area (Å²) in [5, 5.41) is 10.9. The van der Waals surface area contributed by atoms with Gasteiger partial charge in [0.15, 0.2) is 11.6 Å². The lowest BCUT2D eigenvalue weighted by Gasteiger charge is -2.29. The van der Waals surface area contributed by atoms with E-state index < -0.39 is 16.2 Å². The smallest absolute Gasteiger partial charge is 0.272 e. The average Bonchev–Trinajstić information content (AvgIpc) is 2.87. The number of ether oxygens (including phenoxy) is 1. The van der Waals surface area contributed by atoms with Crippen LogP contribution in [0.4, 0.5) is 10.1 Å². The monoisotopic (exact) mass is 268 g/mol. The number of nitro groups is 1. The standard InChI is InChI=1S/C13H17FN2O3/c1-19-12-10(13(8-15)4-2-3-5-13)6-9(16(17)18)7-11(12)14/h6-7H,2-5,8,15H2,1H3. The summed E-state index contributed by atoms with van der Waals surface area (Å²) in [6, 6.07) is 2.29. The number of hydrogen-bond donors (Lipinski definition) is 1. The molecule has 0 bridgehead atoms. The van der Waals surface area contributed by atoms with E-state index in [4.69, 9.17) is 10.5 Å². The van der Waals surface area contributed by atoms with Crippen LogP contribution in [0.15, 0.2) is 12.1 Å². The molecule has 2 N–H and O–H groups in total. The number of hydrogen-bond acceptors (Lipinski definition) is 4. The lowest BCUT2D eigenvalue weighted by atomic mass is 9.78. The van der Waals surface area contributed by atoms with Crippen LogP contribution in [0, 0.1) is 15.9 Å². The number of methoxy groups -OCH3 is 1. The van der Waals surface area contributed by atoms with Crippen molar-refractivity contribution in [3.05, 3.63) is 33.6 Å². The van der Waals surface area contributed by atoms with Gasteiger partial charge in [-0.25, -0.2) is 4.39 Å². The molecule has 0 aliphatic heterocycles. The minimum absolute atomic E-state index is 0.0814. The Labute approximate surface area is 110 Å². The first-order chi connectivity index (χ1) is 9.04. The van der Waals surface area contributed by atoms with Crippen molar-refractivity contribution in [1.29, 1.82) is 0 Å². The van der Waals surface area contributed by atoms with Crippen molar-refractivity contribution in [2.45, 2.75) is 31.1 Å². The van der Waals surface area contributed by atoms with Gasteiger partial charge in [-0.15, -0.1) is 0 Å². The van der Waals surface area contributed by atoms with Crippen LogP contribution in [0.25, 0.3) is 0 Å². The second-order valence-corrected chi connectivity index (χ2v) is 4.96. The molecule has 0 amide bonds. The second-order valence-electron chi connectivity index (χ2n) is 4.96. The summed E-state index contributed by atoms with van der Waals surface area (Å²) in [6.45, 7) is 0.337. The third-order valence-corrected chi connectivity index (χ3v) is 3.97. The Hall–Kier alpha value is -1.69. The average molecular weight is 268 g/mol. The first kappa shape index (κ1) is 13.7. The van der Waals surface area contributed by atoms with E-state index in [1.807, 2.05) is 0 Å². The first-order valence-corrected chi connectivity index (χ1v) is 6.26. The molecule has 0 radical (unpaired) electrons. The van der Waals surface area contributed by atoms with Gasteiger partial charge in [-0.2, -0.15) is 0 Å². The van der Waals surface area contributed by atoms with Crippen molar-refractivity contribution in [1.82, 2.24) is 0 Å². The van der Waals surface area contributed by atoms with Crippen LogP contribution in [0.3, 0.4) is 0 Å². The number of non-ortho nitro benzene ring substituents is 1. The maximum Gasteiger partial charge on any atom is 0.272 e. The van der Waals surface area contributed by atoms with Gasteiger partial charge in [0.05, 0.1) is 18.1 Å². The van der Waals surface area contributed by atoms with Crippen LogP contribution in [-0.4, -0.2) is 18.6 Å². The molecule has 0 atom stereocenters. The zero-order chi connectivity index (χ0) is 14.0. The number of halogens is 1. The first-order valence-electron chi connectivity index (χ1n) is 6.26. The topological polar surface area (TPSA) is 78.4 Å². The Morgan fingerprint density at radius 1 is 1.47 bits per heavy atom. The molecule has 0 unspecified atom stereocenters. The fraction of sp³-hybridized carbons (Fsp3) is 0.538. The normalized spacial score (nSPS) is 17.4. The van der Waals surface area contributed by atoms with Crippen LogP contribution in [0.2, 0.25) is 0 Å². The predicted octanol–water partition coefficient (Wildman–Crippen LogP) is 2.51. The number of nitrogens with two attached hydrogens (primary N) is 1. The van der Waals surface area contributed by atoms with Gasteiger partial charge in [0.1, 0.15) is 0 Å². The largest absolute Gasteiger partial charge is 0.493 e. The summed E-state index contributed by atoms with van der Waals surface area (Å²) in [7, 11) is 1.37. The SMILES string of the molecule is COc1c(F)cc([N+](=O)[O-])cc1C1(CN)CCCC1. The van der Waals surface area contributed by atoms with E-state index in [0.29, 0.717) is 12.1 Å².